The van der Waals surface area contributed by atoms with Crippen molar-refractivity contribution >= 4 is 27.5 Å². The number of carbonyl (C=O) groups excluding carboxylic acids is 2. The lowest BCUT2D eigenvalue weighted by Gasteiger charge is -2.26. The Morgan fingerprint density at radius 3 is 2.42 bits per heavy atom. The summed E-state index contributed by atoms with van der Waals surface area (Å²) in [5.41, 5.74) is 3.66. The summed E-state index contributed by atoms with van der Waals surface area (Å²) in [5.74, 6) is -2.25. The van der Waals surface area contributed by atoms with Crippen LogP contribution in [0.4, 0.5) is 0 Å². The van der Waals surface area contributed by atoms with E-state index in [2.05, 4.69) is 10.5 Å². The summed E-state index contributed by atoms with van der Waals surface area (Å²) in [6.07, 6.45) is 0. The number of hydrazone groups is 1. The molecule has 10 heteroatoms. The van der Waals surface area contributed by atoms with E-state index < -0.39 is 27.7 Å². The number of allylic oxidation sites excluding steroid dienone is 1. The van der Waals surface area contributed by atoms with Crippen LogP contribution in [-0.4, -0.2) is 52.6 Å². The van der Waals surface area contributed by atoms with Gasteiger partial charge >= 0.3 is 11.9 Å². The molecule has 3 rings (SSSR count). The van der Waals surface area contributed by atoms with Gasteiger partial charge in [-0.3, -0.25) is 5.43 Å². The first-order chi connectivity index (χ1) is 15.8. The van der Waals surface area contributed by atoms with E-state index in [4.69, 9.17) is 14.2 Å². The summed E-state index contributed by atoms with van der Waals surface area (Å²) >= 11 is 0. The average molecular weight is 473 g/mol. The first-order valence-electron chi connectivity index (χ1n) is 10.00. The molecule has 0 spiro atoms. The number of sulfone groups is 1. The molecule has 0 amide bonds. The zero-order valence-corrected chi connectivity index (χ0v) is 19.2. The number of nitrogens with one attached hydrogen (secondary N) is 1. The highest BCUT2D eigenvalue weighted by atomic mass is 32.2. The molecule has 0 saturated carbocycles. The number of rotatable bonds is 8. The number of benzene rings is 2. The molecule has 1 N–H and O–H groups in total. The van der Waals surface area contributed by atoms with Crippen LogP contribution < -0.4 is 10.2 Å². The van der Waals surface area contributed by atoms with E-state index in [1.807, 2.05) is 0 Å². The largest absolute Gasteiger partial charge is 0.497 e. The van der Waals surface area contributed by atoms with Gasteiger partial charge in [0.2, 0.25) is 0 Å². The van der Waals surface area contributed by atoms with Gasteiger partial charge in [-0.05, 0) is 36.8 Å². The molecule has 0 fully saturated rings. The van der Waals surface area contributed by atoms with Gasteiger partial charge in [0, 0.05) is 5.70 Å². The molecule has 2 aromatic carbocycles. The molecule has 0 saturated heterocycles. The standard InChI is InChI=1S/C23H24N2O7S/c1-15-19(22(26)32-12-13-33(28,29)18-10-5-4-6-11-18)20(21(25-24-15)23(27)31-3)16-8-7-9-17(14-16)30-2/h4-11,14,20,24H,12-13H2,1-3H3. The van der Waals surface area contributed by atoms with Crippen LogP contribution in [0.1, 0.15) is 18.4 Å². The van der Waals surface area contributed by atoms with Gasteiger partial charge < -0.3 is 14.2 Å². The number of esters is 2. The number of hydrogen-bond acceptors (Lipinski definition) is 9. The van der Waals surface area contributed by atoms with Gasteiger partial charge in [-0.15, -0.1) is 0 Å². The zero-order valence-electron chi connectivity index (χ0n) is 18.4. The highest BCUT2D eigenvalue weighted by Gasteiger charge is 2.37. The molecule has 1 aliphatic rings. The fourth-order valence-corrected chi connectivity index (χ4v) is 4.48. The zero-order chi connectivity index (χ0) is 24.0. The molecule has 0 aliphatic carbocycles. The van der Waals surface area contributed by atoms with Gasteiger partial charge in [-0.1, -0.05) is 30.3 Å². The Morgan fingerprint density at radius 2 is 1.76 bits per heavy atom. The lowest BCUT2D eigenvalue weighted by atomic mass is 9.84. The Kier molecular flexibility index (Phi) is 7.49. The van der Waals surface area contributed by atoms with Crippen LogP contribution >= 0.6 is 0 Å². The van der Waals surface area contributed by atoms with Crippen LogP contribution in [0.5, 0.6) is 5.75 Å². The Bertz CT molecular complexity index is 1200. The lowest BCUT2D eigenvalue weighted by molar-refractivity contribution is -0.138. The van der Waals surface area contributed by atoms with Crippen molar-refractivity contribution in [2.45, 2.75) is 17.7 Å². The second kappa shape index (κ2) is 10.3. The normalized spacial score (nSPS) is 15.8. The Hall–Kier alpha value is -3.66. The highest BCUT2D eigenvalue weighted by molar-refractivity contribution is 7.91. The highest BCUT2D eigenvalue weighted by Crippen LogP contribution is 2.33. The van der Waals surface area contributed by atoms with Crippen molar-refractivity contribution < 1.29 is 32.2 Å². The average Bonchev–Trinajstić information content (AvgIpc) is 2.83. The fraction of sp³-hybridized carbons (Fsp3) is 0.261. The van der Waals surface area contributed by atoms with Crippen LogP contribution in [0, 0.1) is 0 Å². The minimum atomic E-state index is -3.63. The van der Waals surface area contributed by atoms with Crippen molar-refractivity contribution in [2.75, 3.05) is 26.6 Å². The molecule has 1 atom stereocenters. The minimum absolute atomic E-state index is 0.0415. The monoisotopic (exact) mass is 472 g/mol. The van der Waals surface area contributed by atoms with Gasteiger partial charge in [0.1, 0.15) is 12.4 Å². The van der Waals surface area contributed by atoms with Crippen molar-refractivity contribution in [1.29, 1.82) is 0 Å². The Balaban J connectivity index is 1.86. The molecule has 1 unspecified atom stereocenters. The quantitative estimate of drug-likeness (QED) is 0.581. The third-order valence-electron chi connectivity index (χ3n) is 5.04. The van der Waals surface area contributed by atoms with Crippen LogP contribution in [-0.2, 0) is 28.9 Å². The van der Waals surface area contributed by atoms with E-state index in [1.165, 1.54) is 26.4 Å². The van der Waals surface area contributed by atoms with E-state index in [1.54, 1.807) is 49.4 Å². The topological polar surface area (TPSA) is 120 Å². The molecule has 174 valence electrons. The van der Waals surface area contributed by atoms with Crippen molar-refractivity contribution in [3.05, 3.63) is 71.4 Å². The summed E-state index contributed by atoms with van der Waals surface area (Å²) in [4.78, 5) is 25.6. The van der Waals surface area contributed by atoms with Crippen molar-refractivity contribution in [3.63, 3.8) is 0 Å². The molecular formula is C23H24N2O7S. The van der Waals surface area contributed by atoms with Crippen LogP contribution in [0.25, 0.3) is 0 Å². The molecule has 33 heavy (non-hydrogen) atoms. The number of nitrogens with zero attached hydrogens (tertiary/aromatic N) is 1. The molecular weight excluding hydrogens is 448 g/mol. The lowest BCUT2D eigenvalue weighted by Crippen LogP contribution is -2.36. The molecule has 0 radical (unpaired) electrons. The summed E-state index contributed by atoms with van der Waals surface area (Å²) in [6.45, 7) is 1.25. The van der Waals surface area contributed by atoms with E-state index >= 15 is 0 Å². The number of carbonyl (C=O) groups is 2. The second-order valence-corrected chi connectivity index (χ2v) is 9.23. The summed E-state index contributed by atoms with van der Waals surface area (Å²) in [5, 5.41) is 4.08. The Morgan fingerprint density at radius 1 is 1.03 bits per heavy atom. The molecule has 0 bridgehead atoms. The van der Waals surface area contributed by atoms with Crippen LogP contribution in [0.15, 0.2) is 75.9 Å². The molecule has 1 heterocycles. The van der Waals surface area contributed by atoms with E-state index in [-0.39, 0.29) is 28.5 Å². The van der Waals surface area contributed by atoms with Gasteiger partial charge in [0.15, 0.2) is 15.5 Å². The first kappa shape index (κ1) is 24.0. The summed E-state index contributed by atoms with van der Waals surface area (Å²) in [7, 11) is -0.913. The van der Waals surface area contributed by atoms with Gasteiger partial charge in [-0.25, -0.2) is 18.0 Å². The molecule has 2 aromatic rings. The number of ether oxygens (including phenoxy) is 3. The predicted octanol–water partition coefficient (Wildman–Crippen LogP) is 2.20. The van der Waals surface area contributed by atoms with E-state index in [0.29, 0.717) is 17.0 Å². The maximum atomic E-state index is 13.1. The first-order valence-corrected chi connectivity index (χ1v) is 11.6. The maximum Gasteiger partial charge on any atom is 0.355 e. The van der Waals surface area contributed by atoms with Gasteiger partial charge in [0.05, 0.1) is 36.4 Å². The van der Waals surface area contributed by atoms with Gasteiger partial charge in [-0.2, -0.15) is 5.10 Å². The third-order valence-corrected chi connectivity index (χ3v) is 6.73. The second-order valence-electron chi connectivity index (χ2n) is 7.12. The summed E-state index contributed by atoms with van der Waals surface area (Å²) < 4.78 is 40.4. The SMILES string of the molecule is COC(=O)C1=NNC(C)=C(C(=O)OCCS(=O)(=O)c2ccccc2)C1c1cccc(OC)c1. The molecule has 9 nitrogen and oxygen atoms in total. The van der Waals surface area contributed by atoms with Crippen molar-refractivity contribution in [2.24, 2.45) is 5.10 Å². The predicted molar refractivity (Wildman–Crippen MR) is 120 cm³/mol. The van der Waals surface area contributed by atoms with E-state index in [9.17, 15) is 18.0 Å². The summed E-state index contributed by atoms with van der Waals surface area (Å²) in [6, 6.07) is 14.7. The van der Waals surface area contributed by atoms with Crippen molar-refractivity contribution in [1.82, 2.24) is 5.43 Å². The fourth-order valence-electron chi connectivity index (χ4n) is 3.37. The third kappa shape index (κ3) is 5.40. The molecule has 1 aliphatic heterocycles. The minimum Gasteiger partial charge on any atom is -0.497 e. The molecule has 0 aromatic heterocycles. The smallest absolute Gasteiger partial charge is 0.355 e. The van der Waals surface area contributed by atoms with Crippen LogP contribution in [0.3, 0.4) is 0 Å². The van der Waals surface area contributed by atoms with Gasteiger partial charge in [0.25, 0.3) is 0 Å². The van der Waals surface area contributed by atoms with Crippen LogP contribution in [0.2, 0.25) is 0 Å². The van der Waals surface area contributed by atoms with E-state index in [0.717, 1.165) is 0 Å². The number of methoxy groups -OCH3 is 2. The number of hydrogen-bond donors (Lipinski definition) is 1. The van der Waals surface area contributed by atoms with Crippen molar-refractivity contribution in [3.8, 4) is 5.75 Å². The Labute approximate surface area is 192 Å². The maximum absolute atomic E-state index is 13.1.